The topological polar surface area (TPSA) is 71.1 Å². The molecule has 1 heterocycles. The molecule has 1 fully saturated rings. The average molecular weight is 442 g/mol. The van der Waals surface area contributed by atoms with E-state index in [2.05, 4.69) is 26.3 Å². The van der Waals surface area contributed by atoms with Gasteiger partial charge in [-0.05, 0) is 50.3 Å². The molecule has 3 rings (SSSR count). The zero-order valence-corrected chi connectivity index (χ0v) is 17.7. The molecule has 30 heavy (non-hydrogen) atoms. The number of nitrogens with one attached hydrogen (secondary N) is 1. The van der Waals surface area contributed by atoms with Gasteiger partial charge in [0.1, 0.15) is 11.5 Å². The molecule has 1 saturated heterocycles. The third-order valence-electron chi connectivity index (χ3n) is 4.83. The fourth-order valence-corrected chi connectivity index (χ4v) is 4.40. The lowest BCUT2D eigenvalue weighted by Gasteiger charge is -2.25. The van der Waals surface area contributed by atoms with E-state index in [1.807, 2.05) is 0 Å². The van der Waals surface area contributed by atoms with E-state index in [4.69, 9.17) is 4.74 Å². The molecule has 0 bridgehead atoms. The number of methoxy groups -OCH3 is 1. The molecule has 0 saturated carbocycles. The van der Waals surface area contributed by atoms with E-state index >= 15 is 0 Å². The summed E-state index contributed by atoms with van der Waals surface area (Å²) >= 11 is 0. The normalized spacial score (nSPS) is 15.7. The molecule has 0 aliphatic carbocycles. The minimum absolute atomic E-state index is 0.172. The summed E-state index contributed by atoms with van der Waals surface area (Å²) in [4.78, 5) is 4.24. The Morgan fingerprint density at radius 3 is 2.60 bits per heavy atom. The highest BCUT2D eigenvalue weighted by Crippen LogP contribution is 2.33. The molecule has 0 spiro atoms. The molecule has 10 heteroatoms. The Bertz CT molecular complexity index is 972. The van der Waals surface area contributed by atoms with Crippen molar-refractivity contribution >= 4 is 21.4 Å². The summed E-state index contributed by atoms with van der Waals surface area (Å²) in [6.45, 7) is 0.450. The second-order valence-corrected chi connectivity index (χ2v) is 8.67. The van der Waals surface area contributed by atoms with E-state index in [0.717, 1.165) is 44.4 Å². The molecular weight excluding hydrogens is 416 g/mol. The molecule has 0 radical (unpaired) electrons. The van der Waals surface area contributed by atoms with Gasteiger partial charge in [0.2, 0.25) is 0 Å². The number of nitrogens with zero attached hydrogens (tertiary/aromatic N) is 2. The van der Waals surface area contributed by atoms with Crippen LogP contribution in [0.2, 0.25) is 0 Å². The van der Waals surface area contributed by atoms with Gasteiger partial charge in [0.05, 0.1) is 23.4 Å². The van der Waals surface area contributed by atoms with Crippen molar-refractivity contribution in [3.8, 4) is 11.5 Å². The van der Waals surface area contributed by atoms with Gasteiger partial charge < -0.3 is 19.3 Å². The maximum Gasteiger partial charge on any atom is 0.387 e. The van der Waals surface area contributed by atoms with E-state index in [1.54, 1.807) is 25.3 Å². The zero-order chi connectivity index (χ0) is 21.7. The highest BCUT2D eigenvalue weighted by Gasteiger charge is 2.20. The molecule has 1 N–H and O–H groups in total. The molecule has 2 aromatic carbocycles. The SMILES string of the molecule is COc1ccc(NS(=O)(=O)c2cccc(OC(F)F)c2)cc1N1CCCN(C)CC1. The largest absolute Gasteiger partial charge is 0.495 e. The van der Waals surface area contributed by atoms with Gasteiger partial charge in [-0.25, -0.2) is 8.42 Å². The number of hydrogen-bond acceptors (Lipinski definition) is 6. The Kier molecular flexibility index (Phi) is 6.99. The Labute approximate surface area is 175 Å². The predicted molar refractivity (Wildman–Crippen MR) is 111 cm³/mol. The van der Waals surface area contributed by atoms with Gasteiger partial charge in [-0.1, -0.05) is 6.07 Å². The van der Waals surface area contributed by atoms with E-state index in [1.165, 1.54) is 18.2 Å². The van der Waals surface area contributed by atoms with Gasteiger partial charge >= 0.3 is 6.61 Å². The van der Waals surface area contributed by atoms with Gasteiger partial charge in [0, 0.05) is 25.7 Å². The van der Waals surface area contributed by atoms with Crippen molar-refractivity contribution < 1.29 is 26.7 Å². The Hall–Kier alpha value is -2.59. The average Bonchev–Trinajstić information content (AvgIpc) is 2.92. The standard InChI is InChI=1S/C20H25F2N3O4S/c1-24-9-4-10-25(12-11-24)18-13-15(7-8-19(18)28-2)23-30(26,27)17-6-3-5-16(14-17)29-20(21)22/h3,5-8,13-14,20,23H,4,9-12H2,1-2H3. The van der Waals surface area contributed by atoms with Crippen LogP contribution in [0.25, 0.3) is 0 Å². The minimum Gasteiger partial charge on any atom is -0.495 e. The summed E-state index contributed by atoms with van der Waals surface area (Å²) in [5, 5.41) is 0. The molecule has 164 valence electrons. The van der Waals surface area contributed by atoms with Crippen molar-refractivity contribution in [2.24, 2.45) is 0 Å². The highest BCUT2D eigenvalue weighted by atomic mass is 32.2. The summed E-state index contributed by atoms with van der Waals surface area (Å²) in [5.74, 6) is 0.423. The fourth-order valence-electron chi connectivity index (χ4n) is 3.32. The number of ether oxygens (including phenoxy) is 2. The molecule has 1 aliphatic rings. The monoisotopic (exact) mass is 441 g/mol. The summed E-state index contributed by atoms with van der Waals surface area (Å²) in [5.41, 5.74) is 1.14. The van der Waals surface area contributed by atoms with Crippen LogP contribution >= 0.6 is 0 Å². The first-order chi connectivity index (χ1) is 14.3. The van der Waals surface area contributed by atoms with Crippen LogP contribution in [-0.2, 0) is 10.0 Å². The Morgan fingerprint density at radius 1 is 1.07 bits per heavy atom. The van der Waals surface area contributed by atoms with Crippen molar-refractivity contribution in [3.63, 3.8) is 0 Å². The first kappa shape index (κ1) is 22.1. The number of sulfonamides is 1. The Balaban J connectivity index is 1.85. The van der Waals surface area contributed by atoms with Crippen LogP contribution in [0.1, 0.15) is 6.42 Å². The number of anilines is 2. The van der Waals surface area contributed by atoms with E-state index in [-0.39, 0.29) is 10.6 Å². The molecule has 0 aromatic heterocycles. The van der Waals surface area contributed by atoms with Crippen molar-refractivity contribution in [2.75, 3.05) is 50.0 Å². The number of alkyl halides is 2. The summed E-state index contributed by atoms with van der Waals surface area (Å²) in [6, 6.07) is 10.0. The van der Waals surface area contributed by atoms with Gasteiger partial charge in [0.15, 0.2) is 0 Å². The lowest BCUT2D eigenvalue weighted by Crippen LogP contribution is -2.29. The maximum absolute atomic E-state index is 12.8. The molecule has 0 atom stereocenters. The Morgan fingerprint density at radius 2 is 1.87 bits per heavy atom. The van der Waals surface area contributed by atoms with Crippen molar-refractivity contribution in [2.45, 2.75) is 17.9 Å². The predicted octanol–water partition coefficient (Wildman–Crippen LogP) is 3.24. The minimum atomic E-state index is -4.00. The second kappa shape index (κ2) is 9.48. The molecule has 7 nitrogen and oxygen atoms in total. The molecular formula is C20H25F2N3O4S. The van der Waals surface area contributed by atoms with Crippen molar-refractivity contribution in [3.05, 3.63) is 42.5 Å². The third kappa shape index (κ3) is 5.51. The first-order valence-corrected chi connectivity index (χ1v) is 11.0. The van der Waals surface area contributed by atoms with E-state index < -0.39 is 16.6 Å². The van der Waals surface area contributed by atoms with Crippen LogP contribution in [0.15, 0.2) is 47.4 Å². The van der Waals surface area contributed by atoms with Gasteiger partial charge in [-0.2, -0.15) is 8.78 Å². The van der Waals surface area contributed by atoms with E-state index in [0.29, 0.717) is 11.4 Å². The van der Waals surface area contributed by atoms with Crippen LogP contribution in [0.3, 0.4) is 0 Å². The van der Waals surface area contributed by atoms with Gasteiger partial charge in [-0.3, -0.25) is 4.72 Å². The number of likely N-dealkylation sites (N-methyl/N-ethyl adjacent to an activating group) is 1. The number of benzene rings is 2. The summed E-state index contributed by atoms with van der Waals surface area (Å²) < 4.78 is 62.7. The van der Waals surface area contributed by atoms with E-state index in [9.17, 15) is 17.2 Å². The molecule has 2 aromatic rings. The van der Waals surface area contributed by atoms with Crippen LogP contribution in [-0.4, -0.2) is 60.3 Å². The number of rotatable bonds is 7. The zero-order valence-electron chi connectivity index (χ0n) is 16.8. The first-order valence-electron chi connectivity index (χ1n) is 9.48. The van der Waals surface area contributed by atoms with Crippen LogP contribution in [0, 0.1) is 0 Å². The lowest BCUT2D eigenvalue weighted by molar-refractivity contribution is -0.0499. The summed E-state index contributed by atoms with van der Waals surface area (Å²) in [7, 11) is -0.360. The van der Waals surface area contributed by atoms with Gasteiger partial charge in [-0.15, -0.1) is 0 Å². The summed E-state index contributed by atoms with van der Waals surface area (Å²) in [6.07, 6.45) is 0.979. The third-order valence-corrected chi connectivity index (χ3v) is 6.21. The molecule has 0 unspecified atom stereocenters. The van der Waals surface area contributed by atoms with Crippen LogP contribution in [0.4, 0.5) is 20.2 Å². The quantitative estimate of drug-likeness (QED) is 0.711. The lowest BCUT2D eigenvalue weighted by atomic mass is 10.2. The number of hydrogen-bond donors (Lipinski definition) is 1. The molecule has 1 aliphatic heterocycles. The van der Waals surface area contributed by atoms with Crippen LogP contribution < -0.4 is 19.1 Å². The molecule has 0 amide bonds. The fraction of sp³-hybridized carbons (Fsp3) is 0.400. The number of halogens is 2. The highest BCUT2D eigenvalue weighted by molar-refractivity contribution is 7.92. The van der Waals surface area contributed by atoms with Crippen molar-refractivity contribution in [1.82, 2.24) is 4.90 Å². The van der Waals surface area contributed by atoms with Crippen LogP contribution in [0.5, 0.6) is 11.5 Å². The maximum atomic E-state index is 12.8. The smallest absolute Gasteiger partial charge is 0.387 e. The van der Waals surface area contributed by atoms with Gasteiger partial charge in [0.25, 0.3) is 10.0 Å². The van der Waals surface area contributed by atoms with Crippen molar-refractivity contribution in [1.29, 1.82) is 0 Å². The second-order valence-electron chi connectivity index (χ2n) is 6.99.